The second kappa shape index (κ2) is 7.33. The summed E-state index contributed by atoms with van der Waals surface area (Å²) in [5.74, 6) is -0.333. The van der Waals surface area contributed by atoms with E-state index >= 15 is 0 Å². The van der Waals surface area contributed by atoms with E-state index in [0.717, 1.165) is 6.04 Å². The molecule has 0 amide bonds. The quantitative estimate of drug-likeness (QED) is 0.358. The van der Waals surface area contributed by atoms with Gasteiger partial charge in [0.1, 0.15) is 5.75 Å². The molecule has 1 aromatic carbocycles. The van der Waals surface area contributed by atoms with Crippen LogP contribution < -0.4 is 4.74 Å². The number of hydrogen-bond donors (Lipinski definition) is 1. The molecule has 0 fully saturated rings. The van der Waals surface area contributed by atoms with Crippen LogP contribution in [0.4, 0.5) is 0 Å². The number of rotatable bonds is 7. The van der Waals surface area contributed by atoms with E-state index in [-0.39, 0.29) is 5.78 Å². The number of benzene rings is 1. The summed E-state index contributed by atoms with van der Waals surface area (Å²) in [6.45, 7) is 8.26. The van der Waals surface area contributed by atoms with Crippen molar-refractivity contribution in [3.8, 4) is 5.75 Å². The highest BCUT2D eigenvalue weighted by atomic mass is 32.1. The summed E-state index contributed by atoms with van der Waals surface area (Å²) in [6.07, 6.45) is 0. The van der Waals surface area contributed by atoms with Crippen molar-refractivity contribution in [2.24, 2.45) is 0 Å². The van der Waals surface area contributed by atoms with Crippen LogP contribution in [-0.2, 0) is 19.1 Å². The van der Waals surface area contributed by atoms with Crippen LogP contribution in [0.3, 0.4) is 0 Å². The van der Waals surface area contributed by atoms with Crippen molar-refractivity contribution >= 4 is 32.5 Å². The molecule has 22 heavy (non-hydrogen) atoms. The third-order valence-corrected chi connectivity index (χ3v) is 5.86. The summed E-state index contributed by atoms with van der Waals surface area (Å²) in [6, 6.07) is 7.56. The predicted octanol–water partition coefficient (Wildman–Crippen LogP) is 3.29. The minimum absolute atomic E-state index is 0.320. The molecule has 0 aromatic heterocycles. The SMILES string of the molecule is COc1ccc(C(S)(C(C)=O)C(=O)OCC[Si](C)(C)C)cc1. The van der Waals surface area contributed by atoms with Crippen molar-refractivity contribution in [1.82, 2.24) is 0 Å². The summed E-state index contributed by atoms with van der Waals surface area (Å²) in [5.41, 5.74) is 0.488. The molecule has 0 bridgehead atoms. The van der Waals surface area contributed by atoms with Crippen molar-refractivity contribution in [1.29, 1.82) is 0 Å². The first-order valence-corrected chi connectivity index (χ1v) is 11.3. The van der Waals surface area contributed by atoms with Crippen LogP contribution in [0.2, 0.25) is 25.7 Å². The molecule has 0 spiro atoms. The van der Waals surface area contributed by atoms with E-state index in [1.165, 1.54) is 6.92 Å². The van der Waals surface area contributed by atoms with E-state index in [9.17, 15) is 9.59 Å². The monoisotopic (exact) mass is 340 g/mol. The minimum atomic E-state index is -1.58. The van der Waals surface area contributed by atoms with E-state index < -0.39 is 18.8 Å². The van der Waals surface area contributed by atoms with Crippen LogP contribution in [0.5, 0.6) is 5.75 Å². The molecule has 0 aliphatic heterocycles. The van der Waals surface area contributed by atoms with Gasteiger partial charge in [-0.05, 0) is 30.7 Å². The summed E-state index contributed by atoms with van der Waals surface area (Å²) in [5, 5.41) is 0. The van der Waals surface area contributed by atoms with Gasteiger partial charge in [0.2, 0.25) is 0 Å². The van der Waals surface area contributed by atoms with Gasteiger partial charge in [-0.15, -0.1) is 12.6 Å². The number of carbonyl (C=O) groups is 2. The summed E-state index contributed by atoms with van der Waals surface area (Å²) in [7, 11) is 0.249. The highest BCUT2D eigenvalue weighted by Crippen LogP contribution is 2.32. The molecule has 122 valence electrons. The number of ketones is 1. The lowest BCUT2D eigenvalue weighted by Crippen LogP contribution is -2.39. The van der Waals surface area contributed by atoms with Gasteiger partial charge in [0.05, 0.1) is 13.7 Å². The average Bonchev–Trinajstić information content (AvgIpc) is 2.44. The van der Waals surface area contributed by atoms with Crippen LogP contribution in [-0.4, -0.2) is 33.5 Å². The molecule has 1 atom stereocenters. The van der Waals surface area contributed by atoms with Gasteiger partial charge in [-0.2, -0.15) is 0 Å². The fraction of sp³-hybridized carbons (Fsp3) is 0.500. The van der Waals surface area contributed by atoms with Crippen molar-refractivity contribution in [3.05, 3.63) is 29.8 Å². The Morgan fingerprint density at radius 3 is 2.14 bits per heavy atom. The third-order valence-electron chi connectivity index (χ3n) is 3.40. The maximum atomic E-state index is 12.4. The van der Waals surface area contributed by atoms with Crippen LogP contribution in [0, 0.1) is 0 Å². The molecule has 0 saturated carbocycles. The lowest BCUT2D eigenvalue weighted by molar-refractivity contribution is -0.149. The summed E-state index contributed by atoms with van der Waals surface area (Å²) < 4.78 is 8.83. The molecule has 0 heterocycles. The maximum absolute atomic E-state index is 12.4. The molecule has 0 saturated heterocycles. The zero-order valence-corrected chi connectivity index (χ0v) is 15.7. The smallest absolute Gasteiger partial charge is 0.334 e. The molecule has 4 nitrogen and oxygen atoms in total. The Hall–Kier alpha value is -1.27. The Balaban J connectivity index is 2.94. The lowest BCUT2D eigenvalue weighted by Gasteiger charge is -2.25. The molecular formula is C16H24O4SSi. The summed E-state index contributed by atoms with van der Waals surface area (Å²) in [4.78, 5) is 24.4. The Morgan fingerprint density at radius 1 is 1.18 bits per heavy atom. The molecule has 0 N–H and O–H groups in total. The van der Waals surface area contributed by atoms with Crippen LogP contribution in [0.25, 0.3) is 0 Å². The zero-order chi connectivity index (χ0) is 17.0. The van der Waals surface area contributed by atoms with Gasteiger partial charge >= 0.3 is 5.97 Å². The van der Waals surface area contributed by atoms with Gasteiger partial charge in [-0.25, -0.2) is 4.79 Å². The number of ether oxygens (including phenoxy) is 2. The van der Waals surface area contributed by atoms with E-state index in [1.807, 2.05) is 0 Å². The second-order valence-electron chi connectivity index (χ2n) is 6.44. The average molecular weight is 341 g/mol. The van der Waals surface area contributed by atoms with Gasteiger partial charge < -0.3 is 9.47 Å². The zero-order valence-electron chi connectivity index (χ0n) is 13.8. The number of methoxy groups -OCH3 is 1. The molecule has 6 heteroatoms. The number of Topliss-reactive ketones (excluding diaryl/α,β-unsaturated/α-hetero) is 1. The minimum Gasteiger partial charge on any atom is -0.497 e. The van der Waals surface area contributed by atoms with Gasteiger partial charge in [0.15, 0.2) is 10.5 Å². The lowest BCUT2D eigenvalue weighted by atomic mass is 9.94. The standard InChI is InChI=1S/C16H24O4SSi/c1-12(17)16(21,13-6-8-14(19-2)9-7-13)15(18)20-10-11-22(3,4)5/h6-9,21H,10-11H2,1-5H3. The van der Waals surface area contributed by atoms with Crippen molar-refractivity contribution in [2.75, 3.05) is 13.7 Å². The Bertz CT molecular complexity index is 536. The Kier molecular flexibility index (Phi) is 6.25. The highest BCUT2D eigenvalue weighted by Gasteiger charge is 2.43. The van der Waals surface area contributed by atoms with E-state index in [4.69, 9.17) is 9.47 Å². The predicted molar refractivity (Wildman–Crippen MR) is 93.5 cm³/mol. The first-order valence-electron chi connectivity index (χ1n) is 7.16. The molecule has 1 unspecified atom stereocenters. The summed E-state index contributed by atoms with van der Waals surface area (Å²) >= 11 is 4.35. The van der Waals surface area contributed by atoms with Crippen LogP contribution in [0.1, 0.15) is 12.5 Å². The van der Waals surface area contributed by atoms with Crippen LogP contribution in [0.15, 0.2) is 24.3 Å². The van der Waals surface area contributed by atoms with Gasteiger partial charge in [0.25, 0.3) is 0 Å². The normalized spacial score (nSPS) is 14.1. The van der Waals surface area contributed by atoms with Gasteiger partial charge in [0, 0.05) is 8.07 Å². The fourth-order valence-electron chi connectivity index (χ4n) is 1.85. The first-order chi connectivity index (χ1) is 10.1. The largest absolute Gasteiger partial charge is 0.497 e. The number of carbonyl (C=O) groups excluding carboxylic acids is 2. The van der Waals surface area contributed by atoms with Crippen molar-refractivity contribution < 1.29 is 19.1 Å². The van der Waals surface area contributed by atoms with E-state index in [0.29, 0.717) is 17.9 Å². The highest BCUT2D eigenvalue weighted by molar-refractivity contribution is 7.83. The van der Waals surface area contributed by atoms with E-state index in [1.54, 1.807) is 31.4 Å². The second-order valence-corrected chi connectivity index (χ2v) is 12.7. The maximum Gasteiger partial charge on any atom is 0.334 e. The van der Waals surface area contributed by atoms with Gasteiger partial charge in [-0.3, -0.25) is 4.79 Å². The fourth-order valence-corrected chi connectivity index (χ4v) is 2.78. The number of esters is 1. The number of hydrogen-bond acceptors (Lipinski definition) is 5. The van der Waals surface area contributed by atoms with Crippen LogP contribution >= 0.6 is 12.6 Å². The Labute approximate surface area is 138 Å². The van der Waals surface area contributed by atoms with Gasteiger partial charge in [-0.1, -0.05) is 31.8 Å². The molecule has 1 aromatic rings. The molecule has 0 aliphatic carbocycles. The molecule has 0 aliphatic rings. The third kappa shape index (κ3) is 4.61. The van der Waals surface area contributed by atoms with Crippen molar-refractivity contribution in [3.63, 3.8) is 0 Å². The first kappa shape index (κ1) is 18.8. The molecular weight excluding hydrogens is 316 g/mol. The van der Waals surface area contributed by atoms with E-state index in [2.05, 4.69) is 32.3 Å². The topological polar surface area (TPSA) is 52.6 Å². The number of thiol groups is 1. The molecule has 1 rings (SSSR count). The van der Waals surface area contributed by atoms with Crippen molar-refractivity contribution in [2.45, 2.75) is 37.4 Å². The Morgan fingerprint density at radius 2 is 1.73 bits per heavy atom. The molecule has 0 radical (unpaired) electrons.